The molecule has 0 spiro atoms. The molecule has 1 aliphatic rings. The summed E-state index contributed by atoms with van der Waals surface area (Å²) in [5.41, 5.74) is 1.45. The molecule has 1 N–H and O–H groups in total. The first kappa shape index (κ1) is 14.4. The number of rotatable bonds is 4. The Balaban J connectivity index is 1.63. The molecule has 6 nitrogen and oxygen atoms in total. The van der Waals surface area contributed by atoms with Crippen molar-refractivity contribution in [2.45, 2.75) is 13.5 Å². The van der Waals surface area contributed by atoms with Crippen molar-refractivity contribution >= 4 is 29.1 Å². The monoisotopic (exact) mass is 315 g/mol. The Bertz CT molecular complexity index is 734. The fraction of sp³-hybridized carbons (Fsp3) is 0.200. The van der Waals surface area contributed by atoms with Crippen molar-refractivity contribution < 1.29 is 14.4 Å². The highest BCUT2D eigenvalue weighted by atomic mass is 32.1. The van der Waals surface area contributed by atoms with Crippen molar-refractivity contribution in [3.05, 3.63) is 51.5 Å². The summed E-state index contributed by atoms with van der Waals surface area (Å²) >= 11 is 1.50. The molecule has 7 heteroatoms. The van der Waals surface area contributed by atoms with Gasteiger partial charge < -0.3 is 5.32 Å². The molecule has 1 aliphatic heterocycles. The summed E-state index contributed by atoms with van der Waals surface area (Å²) in [7, 11) is 0. The van der Waals surface area contributed by atoms with Gasteiger partial charge in [-0.2, -0.15) is 0 Å². The molecule has 3 rings (SSSR count). The van der Waals surface area contributed by atoms with Crippen molar-refractivity contribution in [1.82, 2.24) is 15.2 Å². The lowest BCUT2D eigenvalue weighted by molar-refractivity contribution is -0.121. The topological polar surface area (TPSA) is 79.4 Å². The normalized spacial score (nSPS) is 13.4. The molecule has 1 aromatic heterocycles. The number of hydrogen-bond acceptors (Lipinski definition) is 5. The number of nitrogens with zero attached hydrogens (tertiary/aromatic N) is 2. The maximum absolute atomic E-state index is 12.1. The third kappa shape index (κ3) is 2.62. The number of imide groups is 1. The quantitative estimate of drug-likeness (QED) is 0.864. The first-order valence-corrected chi connectivity index (χ1v) is 7.57. The fourth-order valence-electron chi connectivity index (χ4n) is 2.26. The van der Waals surface area contributed by atoms with E-state index >= 15 is 0 Å². The third-order valence-electron chi connectivity index (χ3n) is 3.31. The van der Waals surface area contributed by atoms with Crippen molar-refractivity contribution in [1.29, 1.82) is 0 Å². The van der Waals surface area contributed by atoms with E-state index in [2.05, 4.69) is 10.3 Å². The Morgan fingerprint density at radius 3 is 2.41 bits per heavy atom. The Kier molecular flexibility index (Phi) is 3.72. The number of aryl methyl sites for hydroxylation is 1. The van der Waals surface area contributed by atoms with Crippen molar-refractivity contribution in [3.63, 3.8) is 0 Å². The van der Waals surface area contributed by atoms with Crippen molar-refractivity contribution in [3.8, 4) is 0 Å². The lowest BCUT2D eigenvalue weighted by Gasteiger charge is -2.13. The SMILES string of the molecule is Cc1nc(CNC(=O)CN2C(=O)c3ccccc3C2=O)cs1. The zero-order chi connectivity index (χ0) is 15.7. The van der Waals surface area contributed by atoms with Crippen LogP contribution in [0.25, 0.3) is 0 Å². The molecule has 0 fully saturated rings. The largest absolute Gasteiger partial charge is 0.349 e. The van der Waals surface area contributed by atoms with Crippen LogP contribution in [-0.2, 0) is 11.3 Å². The highest BCUT2D eigenvalue weighted by Crippen LogP contribution is 2.21. The summed E-state index contributed by atoms with van der Waals surface area (Å²) in [6.45, 7) is 1.89. The van der Waals surface area contributed by atoms with E-state index < -0.39 is 11.8 Å². The first-order chi connectivity index (χ1) is 10.6. The molecule has 0 aliphatic carbocycles. The van der Waals surface area contributed by atoms with Gasteiger partial charge in [-0.1, -0.05) is 12.1 Å². The predicted molar refractivity (Wildman–Crippen MR) is 80.5 cm³/mol. The van der Waals surface area contributed by atoms with Crippen molar-refractivity contribution in [2.24, 2.45) is 0 Å². The van der Waals surface area contributed by atoms with Gasteiger partial charge in [0.25, 0.3) is 11.8 Å². The van der Waals surface area contributed by atoms with E-state index in [1.54, 1.807) is 24.3 Å². The highest BCUT2D eigenvalue weighted by molar-refractivity contribution is 7.09. The minimum absolute atomic E-state index is 0.282. The zero-order valence-corrected chi connectivity index (χ0v) is 12.6. The maximum atomic E-state index is 12.1. The molecular formula is C15H13N3O3S. The lowest BCUT2D eigenvalue weighted by atomic mass is 10.1. The van der Waals surface area contributed by atoms with E-state index in [1.807, 2.05) is 12.3 Å². The summed E-state index contributed by atoms with van der Waals surface area (Å²) in [4.78, 5) is 41.4. The van der Waals surface area contributed by atoms with Crippen LogP contribution >= 0.6 is 11.3 Å². The van der Waals surface area contributed by atoms with Crippen LogP contribution in [0.1, 0.15) is 31.4 Å². The first-order valence-electron chi connectivity index (χ1n) is 6.69. The van der Waals surface area contributed by atoms with Gasteiger partial charge in [-0.05, 0) is 19.1 Å². The van der Waals surface area contributed by atoms with Crippen LogP contribution in [0.5, 0.6) is 0 Å². The standard InChI is InChI=1S/C15H13N3O3S/c1-9-17-10(8-22-9)6-16-13(19)7-18-14(20)11-4-2-3-5-12(11)15(18)21/h2-5,8H,6-7H2,1H3,(H,16,19). The maximum Gasteiger partial charge on any atom is 0.262 e. The van der Waals surface area contributed by atoms with Crippen molar-refractivity contribution in [2.75, 3.05) is 6.54 Å². The minimum atomic E-state index is -0.430. The number of carbonyl (C=O) groups is 3. The van der Waals surface area contributed by atoms with Crippen LogP contribution in [0.15, 0.2) is 29.6 Å². The van der Waals surface area contributed by atoms with Gasteiger partial charge in [-0.25, -0.2) is 4.98 Å². The number of fused-ring (bicyclic) bond motifs is 1. The summed E-state index contributed by atoms with van der Waals surface area (Å²) in [5.74, 6) is -1.25. The number of hydrogen-bond donors (Lipinski definition) is 1. The molecule has 0 saturated heterocycles. The van der Waals surface area contributed by atoms with Crippen LogP contribution in [0.2, 0.25) is 0 Å². The van der Waals surface area contributed by atoms with Gasteiger partial charge in [-0.3, -0.25) is 19.3 Å². The average Bonchev–Trinajstić information content (AvgIpc) is 3.03. The molecule has 2 heterocycles. The summed E-state index contributed by atoms with van der Waals surface area (Å²) in [6, 6.07) is 6.56. The van der Waals surface area contributed by atoms with E-state index in [0.717, 1.165) is 15.6 Å². The molecule has 3 amide bonds. The molecule has 0 saturated carbocycles. The van der Waals surface area contributed by atoms with Gasteiger partial charge in [0, 0.05) is 5.38 Å². The molecule has 1 aromatic carbocycles. The number of benzene rings is 1. The van der Waals surface area contributed by atoms with Gasteiger partial charge in [0.1, 0.15) is 6.54 Å². The molecule has 22 heavy (non-hydrogen) atoms. The lowest BCUT2D eigenvalue weighted by Crippen LogP contribution is -2.40. The molecule has 0 unspecified atom stereocenters. The second kappa shape index (κ2) is 5.69. The van der Waals surface area contributed by atoms with E-state index in [0.29, 0.717) is 11.1 Å². The Morgan fingerprint density at radius 2 is 1.86 bits per heavy atom. The van der Waals surface area contributed by atoms with Crippen LogP contribution in [-0.4, -0.2) is 34.2 Å². The summed E-state index contributed by atoms with van der Waals surface area (Å²) in [6.07, 6.45) is 0. The Labute approximate surface area is 130 Å². The van der Waals surface area contributed by atoms with Gasteiger partial charge in [0.05, 0.1) is 28.4 Å². The predicted octanol–water partition coefficient (Wildman–Crippen LogP) is 1.36. The molecule has 2 aromatic rings. The Hall–Kier alpha value is -2.54. The molecule has 0 radical (unpaired) electrons. The molecule has 0 atom stereocenters. The fourth-order valence-corrected chi connectivity index (χ4v) is 2.87. The highest BCUT2D eigenvalue weighted by Gasteiger charge is 2.36. The second-order valence-electron chi connectivity index (χ2n) is 4.88. The molecule has 0 bridgehead atoms. The third-order valence-corrected chi connectivity index (χ3v) is 4.14. The number of carbonyl (C=O) groups excluding carboxylic acids is 3. The van der Waals surface area contributed by atoms with Gasteiger partial charge >= 0.3 is 0 Å². The number of aromatic nitrogens is 1. The van der Waals surface area contributed by atoms with Gasteiger partial charge in [0.15, 0.2) is 0 Å². The van der Waals surface area contributed by atoms with Crippen LogP contribution in [0.4, 0.5) is 0 Å². The van der Waals surface area contributed by atoms with Gasteiger partial charge in [0.2, 0.25) is 5.91 Å². The number of thiazole rings is 1. The summed E-state index contributed by atoms with van der Waals surface area (Å²) in [5, 5.41) is 5.45. The number of nitrogens with one attached hydrogen (secondary N) is 1. The van der Waals surface area contributed by atoms with E-state index in [-0.39, 0.29) is 19.0 Å². The Morgan fingerprint density at radius 1 is 1.23 bits per heavy atom. The molecular weight excluding hydrogens is 302 g/mol. The smallest absolute Gasteiger partial charge is 0.262 e. The summed E-state index contributed by atoms with van der Waals surface area (Å²) < 4.78 is 0. The molecule has 112 valence electrons. The van der Waals surface area contributed by atoms with E-state index in [1.165, 1.54) is 11.3 Å². The van der Waals surface area contributed by atoms with Gasteiger partial charge in [-0.15, -0.1) is 11.3 Å². The zero-order valence-electron chi connectivity index (χ0n) is 11.8. The minimum Gasteiger partial charge on any atom is -0.349 e. The average molecular weight is 315 g/mol. The van der Waals surface area contributed by atoms with Crippen LogP contribution in [0.3, 0.4) is 0 Å². The number of amides is 3. The van der Waals surface area contributed by atoms with Crippen LogP contribution in [0, 0.1) is 6.92 Å². The van der Waals surface area contributed by atoms with Crippen LogP contribution < -0.4 is 5.32 Å². The second-order valence-corrected chi connectivity index (χ2v) is 5.94. The van der Waals surface area contributed by atoms with E-state index in [4.69, 9.17) is 0 Å². The van der Waals surface area contributed by atoms with E-state index in [9.17, 15) is 14.4 Å².